The van der Waals surface area contributed by atoms with Gasteiger partial charge in [-0.25, -0.2) is 9.97 Å². The van der Waals surface area contributed by atoms with Crippen molar-refractivity contribution >= 4 is 5.91 Å². The molecule has 2 rings (SSSR count). The van der Waals surface area contributed by atoms with E-state index in [1.807, 2.05) is 26.0 Å². The van der Waals surface area contributed by atoms with Crippen LogP contribution in [0.25, 0.3) is 11.1 Å². The molecule has 1 amide bonds. The zero-order valence-electron chi connectivity index (χ0n) is 13.9. The molecule has 2 atom stereocenters. The highest BCUT2D eigenvalue weighted by Crippen LogP contribution is 2.20. The Kier molecular flexibility index (Phi) is 6.23. The molecular formula is C18H24N4O. The van der Waals surface area contributed by atoms with Crippen molar-refractivity contribution in [2.45, 2.75) is 39.3 Å². The number of hydrogen-bond donors (Lipinski definition) is 2. The maximum absolute atomic E-state index is 11.9. The van der Waals surface area contributed by atoms with E-state index in [2.05, 4.69) is 39.7 Å². The van der Waals surface area contributed by atoms with E-state index in [0.717, 1.165) is 23.1 Å². The second-order valence-corrected chi connectivity index (χ2v) is 5.65. The zero-order valence-corrected chi connectivity index (χ0v) is 13.9. The van der Waals surface area contributed by atoms with Crippen LogP contribution in [0.1, 0.15) is 38.8 Å². The van der Waals surface area contributed by atoms with Crippen molar-refractivity contribution in [3.05, 3.63) is 48.5 Å². The molecule has 23 heavy (non-hydrogen) atoms. The summed E-state index contributed by atoms with van der Waals surface area (Å²) in [4.78, 5) is 20.0. The predicted molar refractivity (Wildman–Crippen MR) is 91.8 cm³/mol. The van der Waals surface area contributed by atoms with Crippen LogP contribution in [0.2, 0.25) is 0 Å². The van der Waals surface area contributed by atoms with E-state index >= 15 is 0 Å². The van der Waals surface area contributed by atoms with Gasteiger partial charge in [-0.3, -0.25) is 10.1 Å². The number of carbonyl (C=O) groups excluding carboxylic acids is 1. The van der Waals surface area contributed by atoms with Crippen LogP contribution in [0.5, 0.6) is 0 Å². The van der Waals surface area contributed by atoms with Crippen LogP contribution >= 0.6 is 0 Å². The molecule has 0 saturated carbocycles. The summed E-state index contributed by atoms with van der Waals surface area (Å²) < 4.78 is 0. The summed E-state index contributed by atoms with van der Waals surface area (Å²) in [5.41, 5.74) is 3.21. The molecule has 0 aliphatic carbocycles. The molecule has 1 heterocycles. The van der Waals surface area contributed by atoms with Gasteiger partial charge in [0.25, 0.3) is 0 Å². The number of rotatable bonds is 7. The Bertz CT molecular complexity index is 613. The highest BCUT2D eigenvalue weighted by molar-refractivity contribution is 5.81. The first-order valence-electron chi connectivity index (χ1n) is 8.01. The molecule has 5 heteroatoms. The maximum Gasteiger partial charge on any atom is 0.236 e. The molecule has 1 aromatic heterocycles. The number of aromatic nitrogens is 2. The van der Waals surface area contributed by atoms with E-state index < -0.39 is 0 Å². The highest BCUT2D eigenvalue weighted by Gasteiger charge is 2.15. The predicted octanol–water partition coefficient (Wildman–Crippen LogP) is 2.71. The van der Waals surface area contributed by atoms with Crippen LogP contribution in [0.4, 0.5) is 0 Å². The largest absolute Gasteiger partial charge is 0.355 e. The van der Waals surface area contributed by atoms with Gasteiger partial charge in [0.05, 0.1) is 6.04 Å². The molecule has 0 radical (unpaired) electrons. The smallest absolute Gasteiger partial charge is 0.236 e. The van der Waals surface area contributed by atoms with Gasteiger partial charge in [0.15, 0.2) is 0 Å². The number of carbonyl (C=O) groups is 1. The zero-order chi connectivity index (χ0) is 16.7. The number of hydrogen-bond acceptors (Lipinski definition) is 4. The van der Waals surface area contributed by atoms with Crippen LogP contribution in [0.15, 0.2) is 43.0 Å². The van der Waals surface area contributed by atoms with Crippen LogP contribution in [-0.4, -0.2) is 28.5 Å². The van der Waals surface area contributed by atoms with Gasteiger partial charge in [-0.1, -0.05) is 31.2 Å². The SMILES string of the molecule is CCCNC(=O)[C@H](C)N[C@@H](C)c1ccc(-c2cncnc2)cc1. The Hall–Kier alpha value is -2.27. The molecule has 122 valence electrons. The van der Waals surface area contributed by atoms with Gasteiger partial charge in [-0.15, -0.1) is 0 Å². The number of nitrogens with one attached hydrogen (secondary N) is 2. The first-order chi connectivity index (χ1) is 11.1. The lowest BCUT2D eigenvalue weighted by Gasteiger charge is -2.20. The summed E-state index contributed by atoms with van der Waals surface area (Å²) in [5, 5.41) is 6.23. The Labute approximate surface area is 137 Å². The van der Waals surface area contributed by atoms with E-state index in [-0.39, 0.29) is 18.0 Å². The molecule has 2 N–H and O–H groups in total. The number of benzene rings is 1. The third-order valence-corrected chi connectivity index (χ3v) is 3.75. The summed E-state index contributed by atoms with van der Waals surface area (Å²) in [5.74, 6) is 0.0387. The van der Waals surface area contributed by atoms with E-state index in [0.29, 0.717) is 6.54 Å². The van der Waals surface area contributed by atoms with Crippen molar-refractivity contribution in [1.29, 1.82) is 0 Å². The fourth-order valence-electron chi connectivity index (χ4n) is 2.36. The summed E-state index contributed by atoms with van der Waals surface area (Å²) in [7, 11) is 0. The van der Waals surface area contributed by atoms with Gasteiger partial charge in [0.2, 0.25) is 5.91 Å². The lowest BCUT2D eigenvalue weighted by Crippen LogP contribution is -2.43. The molecule has 5 nitrogen and oxygen atoms in total. The van der Waals surface area contributed by atoms with E-state index in [4.69, 9.17) is 0 Å². The third-order valence-electron chi connectivity index (χ3n) is 3.75. The fraction of sp³-hybridized carbons (Fsp3) is 0.389. The summed E-state index contributed by atoms with van der Waals surface area (Å²) >= 11 is 0. The minimum Gasteiger partial charge on any atom is -0.355 e. The second-order valence-electron chi connectivity index (χ2n) is 5.65. The van der Waals surface area contributed by atoms with Gasteiger partial charge in [0, 0.05) is 30.5 Å². The fourth-order valence-corrected chi connectivity index (χ4v) is 2.36. The standard InChI is InChI=1S/C18H24N4O/c1-4-9-21-18(23)14(3)22-13(2)15-5-7-16(8-6-15)17-10-19-12-20-11-17/h5-8,10-14,22H,4,9H2,1-3H3,(H,21,23)/t13-,14-/m0/s1. The third kappa shape index (κ3) is 4.86. The van der Waals surface area contributed by atoms with Gasteiger partial charge in [-0.2, -0.15) is 0 Å². The maximum atomic E-state index is 11.9. The molecule has 0 unspecified atom stereocenters. The Morgan fingerprint density at radius 2 is 1.74 bits per heavy atom. The Morgan fingerprint density at radius 3 is 2.35 bits per heavy atom. The summed E-state index contributed by atoms with van der Waals surface area (Å²) in [6.07, 6.45) is 6.06. The van der Waals surface area contributed by atoms with E-state index in [1.54, 1.807) is 12.4 Å². The van der Waals surface area contributed by atoms with Crippen molar-refractivity contribution in [3.63, 3.8) is 0 Å². The van der Waals surface area contributed by atoms with Gasteiger partial charge >= 0.3 is 0 Å². The first kappa shape index (κ1) is 17.1. The normalized spacial score (nSPS) is 13.3. The van der Waals surface area contributed by atoms with Gasteiger partial charge in [-0.05, 0) is 31.4 Å². The van der Waals surface area contributed by atoms with Crippen molar-refractivity contribution < 1.29 is 4.79 Å². The molecular weight excluding hydrogens is 288 g/mol. The monoisotopic (exact) mass is 312 g/mol. The summed E-state index contributed by atoms with van der Waals surface area (Å²) in [6.45, 7) is 6.70. The second kappa shape index (κ2) is 8.39. The molecule has 0 fully saturated rings. The number of nitrogens with zero attached hydrogens (tertiary/aromatic N) is 2. The highest BCUT2D eigenvalue weighted by atomic mass is 16.2. The van der Waals surface area contributed by atoms with E-state index in [9.17, 15) is 4.79 Å². The molecule has 0 aliphatic heterocycles. The Morgan fingerprint density at radius 1 is 1.09 bits per heavy atom. The molecule has 0 aliphatic rings. The quantitative estimate of drug-likeness (QED) is 0.825. The summed E-state index contributed by atoms with van der Waals surface area (Å²) in [6, 6.07) is 8.10. The van der Waals surface area contributed by atoms with E-state index in [1.165, 1.54) is 6.33 Å². The molecule has 0 spiro atoms. The molecule has 1 aromatic carbocycles. The first-order valence-corrected chi connectivity index (χ1v) is 8.01. The van der Waals surface area contributed by atoms with Crippen LogP contribution in [0, 0.1) is 0 Å². The lowest BCUT2D eigenvalue weighted by molar-refractivity contribution is -0.122. The topological polar surface area (TPSA) is 66.9 Å². The lowest BCUT2D eigenvalue weighted by atomic mass is 10.0. The molecule has 2 aromatic rings. The van der Waals surface area contributed by atoms with Crippen LogP contribution in [-0.2, 0) is 4.79 Å². The van der Waals surface area contributed by atoms with Gasteiger partial charge < -0.3 is 5.32 Å². The Balaban J connectivity index is 1.97. The van der Waals surface area contributed by atoms with Crippen molar-refractivity contribution in [3.8, 4) is 11.1 Å². The average molecular weight is 312 g/mol. The van der Waals surface area contributed by atoms with Crippen LogP contribution < -0.4 is 10.6 Å². The van der Waals surface area contributed by atoms with Crippen molar-refractivity contribution in [2.24, 2.45) is 0 Å². The minimum absolute atomic E-state index is 0.0387. The molecule has 0 saturated heterocycles. The van der Waals surface area contributed by atoms with Crippen LogP contribution in [0.3, 0.4) is 0 Å². The number of amides is 1. The van der Waals surface area contributed by atoms with Gasteiger partial charge in [0.1, 0.15) is 6.33 Å². The average Bonchev–Trinajstić information content (AvgIpc) is 2.60. The molecule has 0 bridgehead atoms. The van der Waals surface area contributed by atoms with Crippen molar-refractivity contribution in [1.82, 2.24) is 20.6 Å². The van der Waals surface area contributed by atoms with Crippen molar-refractivity contribution in [2.75, 3.05) is 6.54 Å². The minimum atomic E-state index is -0.223.